The molecule has 0 bridgehead atoms. The zero-order chi connectivity index (χ0) is 20.4. The van der Waals surface area contributed by atoms with Gasteiger partial charge in [0.15, 0.2) is 5.69 Å². The maximum absolute atomic E-state index is 12.8. The number of nitrogens with one attached hydrogen (secondary N) is 2. The molecule has 0 saturated carbocycles. The Morgan fingerprint density at radius 1 is 0.821 bits per heavy atom. The molecular weight excluding hydrogens is 352 g/mol. The summed E-state index contributed by atoms with van der Waals surface area (Å²) >= 11 is 0. The van der Waals surface area contributed by atoms with E-state index in [4.69, 9.17) is 0 Å². The lowest BCUT2D eigenvalue weighted by atomic mass is 10.1. The van der Waals surface area contributed by atoms with E-state index in [0.29, 0.717) is 11.4 Å². The predicted octanol–water partition coefficient (Wildman–Crippen LogP) is 4.16. The first-order valence-corrected chi connectivity index (χ1v) is 9.05. The van der Waals surface area contributed by atoms with Crippen molar-refractivity contribution in [2.24, 2.45) is 7.05 Å². The maximum Gasteiger partial charge on any atom is 0.277 e. The highest BCUT2D eigenvalue weighted by Crippen LogP contribution is 2.20. The smallest absolute Gasteiger partial charge is 0.277 e. The second-order valence-electron chi connectivity index (χ2n) is 7.11. The highest BCUT2D eigenvalue weighted by Gasteiger charge is 2.22. The van der Waals surface area contributed by atoms with Gasteiger partial charge >= 0.3 is 0 Å². The number of carbonyl (C=O) groups is 2. The van der Waals surface area contributed by atoms with E-state index in [0.717, 1.165) is 22.3 Å². The van der Waals surface area contributed by atoms with Gasteiger partial charge in [0.2, 0.25) is 0 Å². The molecular formula is C22H24N4O2. The Kier molecular flexibility index (Phi) is 5.31. The number of hydrogen-bond donors (Lipinski definition) is 2. The zero-order valence-corrected chi connectivity index (χ0v) is 16.8. The summed E-state index contributed by atoms with van der Waals surface area (Å²) < 4.78 is 1.47. The molecule has 2 N–H and O–H groups in total. The fourth-order valence-corrected chi connectivity index (χ4v) is 3.10. The molecule has 0 atom stereocenters. The van der Waals surface area contributed by atoms with Crippen LogP contribution in [0.4, 0.5) is 11.4 Å². The van der Waals surface area contributed by atoms with E-state index in [1.807, 2.05) is 64.1 Å². The van der Waals surface area contributed by atoms with Gasteiger partial charge in [0.05, 0.1) is 5.56 Å². The first-order chi connectivity index (χ1) is 13.2. The summed E-state index contributed by atoms with van der Waals surface area (Å²) in [7, 11) is 1.68. The first kappa shape index (κ1) is 19.4. The summed E-state index contributed by atoms with van der Waals surface area (Å²) in [5.74, 6) is -0.788. The van der Waals surface area contributed by atoms with Crippen molar-refractivity contribution in [1.82, 2.24) is 9.78 Å². The molecule has 1 heterocycles. The van der Waals surface area contributed by atoms with E-state index in [1.54, 1.807) is 13.2 Å². The number of aryl methyl sites for hydroxylation is 5. The molecule has 3 rings (SSSR count). The third-order valence-electron chi connectivity index (χ3n) is 4.55. The van der Waals surface area contributed by atoms with Crippen LogP contribution in [0.2, 0.25) is 0 Å². The SMILES string of the molecule is Cc1ccc(NC(=O)c2cn(C)nc2C(=O)Nc2ccc(C)cc2C)c(C)c1. The standard InChI is InChI=1S/C22H24N4O2/c1-13-6-8-18(15(3)10-13)23-21(27)17-12-26(5)25-20(17)22(28)24-19-9-7-14(2)11-16(19)4/h6-12H,1-5H3,(H,23,27)(H,24,28). The molecule has 144 valence electrons. The average Bonchev–Trinajstić information content (AvgIpc) is 3.02. The number of hydrogen-bond acceptors (Lipinski definition) is 3. The van der Waals surface area contributed by atoms with Crippen LogP contribution in [0.5, 0.6) is 0 Å². The molecule has 0 aliphatic carbocycles. The van der Waals surface area contributed by atoms with Crippen LogP contribution in [0.3, 0.4) is 0 Å². The lowest BCUT2D eigenvalue weighted by Gasteiger charge is -2.10. The third kappa shape index (κ3) is 4.11. The summed E-state index contributed by atoms with van der Waals surface area (Å²) in [5, 5.41) is 9.92. The molecule has 0 saturated heterocycles. The van der Waals surface area contributed by atoms with Gasteiger partial charge in [0, 0.05) is 24.6 Å². The van der Waals surface area contributed by atoms with Crippen molar-refractivity contribution in [3.05, 3.63) is 76.1 Å². The quantitative estimate of drug-likeness (QED) is 0.718. The Balaban J connectivity index is 1.85. The van der Waals surface area contributed by atoms with Crippen molar-refractivity contribution in [2.75, 3.05) is 10.6 Å². The van der Waals surface area contributed by atoms with Gasteiger partial charge < -0.3 is 10.6 Å². The van der Waals surface area contributed by atoms with Gasteiger partial charge in [-0.25, -0.2) is 0 Å². The number of nitrogens with zero attached hydrogens (tertiary/aromatic N) is 2. The number of carbonyl (C=O) groups excluding carboxylic acids is 2. The Labute approximate surface area is 164 Å². The van der Waals surface area contributed by atoms with Gasteiger partial charge in [-0.2, -0.15) is 5.10 Å². The molecule has 3 aromatic rings. The van der Waals surface area contributed by atoms with Crippen LogP contribution >= 0.6 is 0 Å². The molecule has 0 unspecified atom stereocenters. The largest absolute Gasteiger partial charge is 0.322 e. The lowest BCUT2D eigenvalue weighted by Crippen LogP contribution is -2.20. The first-order valence-electron chi connectivity index (χ1n) is 9.05. The van der Waals surface area contributed by atoms with Crippen molar-refractivity contribution < 1.29 is 9.59 Å². The van der Waals surface area contributed by atoms with Crippen LogP contribution in [0.25, 0.3) is 0 Å². The van der Waals surface area contributed by atoms with Gasteiger partial charge in [0.1, 0.15) is 0 Å². The van der Waals surface area contributed by atoms with Crippen molar-refractivity contribution >= 4 is 23.2 Å². The minimum atomic E-state index is -0.418. The minimum absolute atomic E-state index is 0.0877. The molecule has 2 amide bonds. The molecule has 0 aliphatic rings. The van der Waals surface area contributed by atoms with Crippen LogP contribution in [-0.4, -0.2) is 21.6 Å². The fraction of sp³-hybridized carbons (Fsp3) is 0.227. The fourth-order valence-electron chi connectivity index (χ4n) is 3.10. The second kappa shape index (κ2) is 7.68. The van der Waals surface area contributed by atoms with Crippen molar-refractivity contribution in [1.29, 1.82) is 0 Å². The Bertz CT molecular complexity index is 983. The molecule has 6 nitrogen and oxygen atoms in total. The molecule has 0 aliphatic heterocycles. The van der Waals surface area contributed by atoms with E-state index in [2.05, 4.69) is 15.7 Å². The van der Waals surface area contributed by atoms with Crippen LogP contribution in [0.1, 0.15) is 43.1 Å². The number of anilines is 2. The normalized spacial score (nSPS) is 10.6. The summed E-state index contributed by atoms with van der Waals surface area (Å²) in [6.07, 6.45) is 1.55. The van der Waals surface area contributed by atoms with E-state index < -0.39 is 5.91 Å². The van der Waals surface area contributed by atoms with Gasteiger partial charge in [-0.3, -0.25) is 14.3 Å². The molecule has 0 fully saturated rings. The van der Waals surface area contributed by atoms with Crippen LogP contribution in [-0.2, 0) is 7.05 Å². The lowest BCUT2D eigenvalue weighted by molar-refractivity contribution is 0.0988. The van der Waals surface area contributed by atoms with E-state index in [-0.39, 0.29) is 17.2 Å². The van der Waals surface area contributed by atoms with Gasteiger partial charge in [-0.1, -0.05) is 35.4 Å². The summed E-state index contributed by atoms with van der Waals surface area (Å²) in [6.45, 7) is 7.84. The van der Waals surface area contributed by atoms with Crippen molar-refractivity contribution in [3.8, 4) is 0 Å². The van der Waals surface area contributed by atoms with Gasteiger partial charge in [0.25, 0.3) is 11.8 Å². The molecule has 0 spiro atoms. The summed E-state index contributed by atoms with van der Waals surface area (Å²) in [5.41, 5.74) is 5.85. The van der Waals surface area contributed by atoms with E-state index >= 15 is 0 Å². The number of benzene rings is 2. The Morgan fingerprint density at radius 3 is 1.82 bits per heavy atom. The summed E-state index contributed by atoms with van der Waals surface area (Å²) in [6, 6.07) is 11.5. The van der Waals surface area contributed by atoms with Crippen molar-refractivity contribution in [2.45, 2.75) is 27.7 Å². The Hall–Kier alpha value is -3.41. The highest BCUT2D eigenvalue weighted by molar-refractivity contribution is 6.14. The predicted molar refractivity (Wildman–Crippen MR) is 111 cm³/mol. The second-order valence-corrected chi connectivity index (χ2v) is 7.11. The van der Waals surface area contributed by atoms with Crippen molar-refractivity contribution in [3.63, 3.8) is 0 Å². The van der Waals surface area contributed by atoms with Crippen LogP contribution < -0.4 is 10.6 Å². The van der Waals surface area contributed by atoms with E-state index in [9.17, 15) is 9.59 Å². The monoisotopic (exact) mass is 376 g/mol. The maximum atomic E-state index is 12.8. The number of rotatable bonds is 4. The summed E-state index contributed by atoms with van der Waals surface area (Å²) in [4.78, 5) is 25.6. The van der Waals surface area contributed by atoms with E-state index in [1.165, 1.54) is 4.68 Å². The van der Waals surface area contributed by atoms with Crippen LogP contribution in [0, 0.1) is 27.7 Å². The molecule has 1 aromatic heterocycles. The Morgan fingerprint density at radius 2 is 1.32 bits per heavy atom. The zero-order valence-electron chi connectivity index (χ0n) is 16.8. The van der Waals surface area contributed by atoms with Gasteiger partial charge in [-0.15, -0.1) is 0 Å². The number of aromatic nitrogens is 2. The molecule has 6 heteroatoms. The molecule has 28 heavy (non-hydrogen) atoms. The van der Waals surface area contributed by atoms with Crippen LogP contribution in [0.15, 0.2) is 42.6 Å². The number of amides is 2. The average molecular weight is 376 g/mol. The topological polar surface area (TPSA) is 76.0 Å². The molecule has 2 aromatic carbocycles. The third-order valence-corrected chi connectivity index (χ3v) is 4.55. The molecule has 0 radical (unpaired) electrons. The minimum Gasteiger partial charge on any atom is -0.322 e. The highest BCUT2D eigenvalue weighted by atomic mass is 16.2. The van der Waals surface area contributed by atoms with Gasteiger partial charge in [-0.05, 0) is 51.0 Å².